The molecular formula is C19H25N3O3S. The lowest BCUT2D eigenvalue weighted by molar-refractivity contribution is -0.120. The van der Waals surface area contributed by atoms with E-state index in [0.717, 1.165) is 5.56 Å². The van der Waals surface area contributed by atoms with Crippen LogP contribution in [0.3, 0.4) is 0 Å². The van der Waals surface area contributed by atoms with E-state index < -0.39 is 10.0 Å². The smallest absolute Gasteiger partial charge is 0.264 e. The molecular weight excluding hydrogens is 350 g/mol. The first kappa shape index (κ1) is 19.9. The van der Waals surface area contributed by atoms with Gasteiger partial charge in [0.2, 0.25) is 5.91 Å². The quantitative estimate of drug-likeness (QED) is 0.657. The molecule has 2 aromatic rings. The molecule has 0 heterocycles. The van der Waals surface area contributed by atoms with Crippen LogP contribution < -0.4 is 14.9 Å². The van der Waals surface area contributed by atoms with E-state index in [1.54, 1.807) is 55.6 Å². The third kappa shape index (κ3) is 5.31. The third-order valence-electron chi connectivity index (χ3n) is 3.89. The van der Waals surface area contributed by atoms with Crippen molar-refractivity contribution in [3.63, 3.8) is 0 Å². The topological polar surface area (TPSA) is 78.5 Å². The SMILES string of the molecule is CNCCNC(=O)CCN(c1ccccc1)S(=O)(=O)c1ccc(C)cc1. The molecule has 0 aromatic heterocycles. The summed E-state index contributed by atoms with van der Waals surface area (Å²) in [7, 11) is -1.95. The molecule has 1 amide bonds. The Morgan fingerprint density at radius 2 is 1.65 bits per heavy atom. The molecule has 0 aliphatic carbocycles. The Bertz CT molecular complexity index is 806. The number of benzene rings is 2. The molecule has 0 spiro atoms. The summed E-state index contributed by atoms with van der Waals surface area (Å²) in [5.41, 5.74) is 1.52. The fraction of sp³-hybridized carbons (Fsp3) is 0.316. The van der Waals surface area contributed by atoms with Gasteiger partial charge in [-0.05, 0) is 38.2 Å². The van der Waals surface area contributed by atoms with E-state index in [9.17, 15) is 13.2 Å². The number of sulfonamides is 1. The molecule has 2 rings (SSSR count). The summed E-state index contributed by atoms with van der Waals surface area (Å²) in [6.45, 7) is 3.15. The van der Waals surface area contributed by atoms with Gasteiger partial charge in [-0.2, -0.15) is 0 Å². The first-order valence-corrected chi connectivity index (χ1v) is 9.95. The molecule has 0 atom stereocenters. The van der Waals surface area contributed by atoms with Crippen molar-refractivity contribution in [2.45, 2.75) is 18.2 Å². The summed E-state index contributed by atoms with van der Waals surface area (Å²) >= 11 is 0. The van der Waals surface area contributed by atoms with E-state index in [1.807, 2.05) is 13.0 Å². The number of nitrogens with zero attached hydrogens (tertiary/aromatic N) is 1. The molecule has 0 unspecified atom stereocenters. The van der Waals surface area contributed by atoms with E-state index in [2.05, 4.69) is 10.6 Å². The van der Waals surface area contributed by atoms with Crippen LogP contribution in [0, 0.1) is 6.92 Å². The molecule has 2 N–H and O–H groups in total. The Morgan fingerprint density at radius 1 is 1.00 bits per heavy atom. The molecule has 0 aliphatic rings. The van der Waals surface area contributed by atoms with Crippen molar-refractivity contribution in [3.8, 4) is 0 Å². The third-order valence-corrected chi connectivity index (χ3v) is 5.73. The van der Waals surface area contributed by atoms with Crippen LogP contribution in [-0.2, 0) is 14.8 Å². The Morgan fingerprint density at radius 3 is 2.27 bits per heavy atom. The van der Waals surface area contributed by atoms with Crippen LogP contribution in [0.5, 0.6) is 0 Å². The molecule has 0 fully saturated rings. The largest absolute Gasteiger partial charge is 0.355 e. The second-order valence-corrected chi connectivity index (χ2v) is 7.79. The van der Waals surface area contributed by atoms with Gasteiger partial charge in [0.05, 0.1) is 10.6 Å². The minimum atomic E-state index is -3.75. The number of amides is 1. The zero-order valence-corrected chi connectivity index (χ0v) is 15.9. The van der Waals surface area contributed by atoms with Crippen LogP contribution in [0.1, 0.15) is 12.0 Å². The highest BCUT2D eigenvalue weighted by Gasteiger charge is 2.25. The molecule has 6 nitrogen and oxygen atoms in total. The lowest BCUT2D eigenvalue weighted by Crippen LogP contribution is -2.36. The average Bonchev–Trinajstić information content (AvgIpc) is 2.63. The van der Waals surface area contributed by atoms with Crippen molar-refractivity contribution in [1.82, 2.24) is 10.6 Å². The number of rotatable bonds is 9. The Kier molecular flexibility index (Phi) is 7.17. The van der Waals surface area contributed by atoms with Crippen LogP contribution in [0.2, 0.25) is 0 Å². The van der Waals surface area contributed by atoms with Gasteiger partial charge < -0.3 is 10.6 Å². The van der Waals surface area contributed by atoms with Crippen LogP contribution in [0.15, 0.2) is 59.5 Å². The van der Waals surface area contributed by atoms with Crippen molar-refractivity contribution >= 4 is 21.6 Å². The highest BCUT2D eigenvalue weighted by Crippen LogP contribution is 2.24. The highest BCUT2D eigenvalue weighted by atomic mass is 32.2. The maximum absolute atomic E-state index is 13.1. The summed E-state index contributed by atoms with van der Waals surface area (Å²) in [5.74, 6) is -0.180. The normalized spacial score (nSPS) is 11.2. The molecule has 0 bridgehead atoms. The van der Waals surface area contributed by atoms with Crippen LogP contribution in [-0.4, -0.2) is 41.0 Å². The molecule has 26 heavy (non-hydrogen) atoms. The minimum Gasteiger partial charge on any atom is -0.355 e. The Hall–Kier alpha value is -2.38. The van der Waals surface area contributed by atoms with Gasteiger partial charge in [0.15, 0.2) is 0 Å². The number of carbonyl (C=O) groups excluding carboxylic acids is 1. The minimum absolute atomic E-state index is 0.0750. The lowest BCUT2D eigenvalue weighted by Gasteiger charge is -2.24. The van der Waals surface area contributed by atoms with Gasteiger partial charge >= 0.3 is 0 Å². The van der Waals surface area contributed by atoms with Crippen molar-refractivity contribution in [2.24, 2.45) is 0 Å². The van der Waals surface area contributed by atoms with Crippen LogP contribution in [0.25, 0.3) is 0 Å². The summed E-state index contributed by atoms with van der Waals surface area (Å²) in [4.78, 5) is 12.2. The van der Waals surface area contributed by atoms with Gasteiger partial charge in [0.25, 0.3) is 10.0 Å². The van der Waals surface area contributed by atoms with Crippen LogP contribution in [0.4, 0.5) is 5.69 Å². The number of hydrogen-bond donors (Lipinski definition) is 2. The van der Waals surface area contributed by atoms with Gasteiger partial charge in [0, 0.05) is 26.1 Å². The predicted molar refractivity (Wildman–Crippen MR) is 104 cm³/mol. The van der Waals surface area contributed by atoms with Gasteiger partial charge in [0.1, 0.15) is 0 Å². The van der Waals surface area contributed by atoms with Crippen molar-refractivity contribution in [1.29, 1.82) is 0 Å². The van der Waals surface area contributed by atoms with Crippen molar-refractivity contribution < 1.29 is 13.2 Å². The Labute approximate surface area is 155 Å². The zero-order valence-electron chi connectivity index (χ0n) is 15.1. The number of para-hydroxylation sites is 1. The van der Waals surface area contributed by atoms with E-state index in [1.165, 1.54) is 4.31 Å². The van der Waals surface area contributed by atoms with E-state index in [4.69, 9.17) is 0 Å². The van der Waals surface area contributed by atoms with Gasteiger partial charge in [-0.25, -0.2) is 8.42 Å². The first-order chi connectivity index (χ1) is 12.4. The fourth-order valence-corrected chi connectivity index (χ4v) is 3.90. The molecule has 0 radical (unpaired) electrons. The monoisotopic (exact) mass is 375 g/mol. The van der Waals surface area contributed by atoms with E-state index >= 15 is 0 Å². The number of likely N-dealkylation sites (N-methyl/N-ethyl adjacent to an activating group) is 1. The molecule has 0 saturated carbocycles. The Balaban J connectivity index is 2.22. The summed E-state index contributed by atoms with van der Waals surface area (Å²) in [6, 6.07) is 15.5. The van der Waals surface area contributed by atoms with Gasteiger partial charge in [-0.1, -0.05) is 35.9 Å². The van der Waals surface area contributed by atoms with E-state index in [0.29, 0.717) is 18.8 Å². The number of hydrogen-bond acceptors (Lipinski definition) is 4. The summed E-state index contributed by atoms with van der Waals surface area (Å²) in [6.07, 6.45) is 0.0870. The predicted octanol–water partition coefficient (Wildman–Crippen LogP) is 1.92. The number of anilines is 1. The standard InChI is InChI=1S/C19H25N3O3S/c1-16-8-10-18(11-9-16)26(24,25)22(17-6-4-3-5-7-17)15-12-19(23)21-14-13-20-2/h3-11,20H,12-15H2,1-2H3,(H,21,23). The second kappa shape index (κ2) is 9.35. The van der Waals surface area contributed by atoms with Crippen LogP contribution >= 0.6 is 0 Å². The van der Waals surface area contributed by atoms with Gasteiger partial charge in [-0.3, -0.25) is 9.10 Å². The second-order valence-electron chi connectivity index (χ2n) is 5.93. The first-order valence-electron chi connectivity index (χ1n) is 8.51. The average molecular weight is 375 g/mol. The maximum Gasteiger partial charge on any atom is 0.264 e. The van der Waals surface area contributed by atoms with E-state index in [-0.39, 0.29) is 23.8 Å². The van der Waals surface area contributed by atoms with Gasteiger partial charge in [-0.15, -0.1) is 0 Å². The maximum atomic E-state index is 13.1. The lowest BCUT2D eigenvalue weighted by atomic mass is 10.2. The molecule has 140 valence electrons. The van der Waals surface area contributed by atoms with Crippen molar-refractivity contribution in [2.75, 3.05) is 31.0 Å². The number of aryl methyl sites for hydroxylation is 1. The summed E-state index contributed by atoms with van der Waals surface area (Å²) < 4.78 is 27.5. The zero-order chi connectivity index (χ0) is 19.0. The highest BCUT2D eigenvalue weighted by molar-refractivity contribution is 7.92. The fourth-order valence-electron chi connectivity index (χ4n) is 2.44. The molecule has 0 saturated heterocycles. The number of nitrogens with one attached hydrogen (secondary N) is 2. The molecule has 2 aromatic carbocycles. The molecule has 0 aliphatic heterocycles. The molecule has 7 heteroatoms. The number of carbonyl (C=O) groups is 1. The summed E-state index contributed by atoms with van der Waals surface area (Å²) in [5, 5.41) is 5.71. The van der Waals surface area contributed by atoms with Crippen molar-refractivity contribution in [3.05, 3.63) is 60.2 Å².